The maximum absolute atomic E-state index is 13.3. The highest BCUT2D eigenvalue weighted by Gasteiger charge is 2.26. The van der Waals surface area contributed by atoms with Crippen molar-refractivity contribution in [1.29, 1.82) is 0 Å². The zero-order valence-corrected chi connectivity index (χ0v) is 31.4. The van der Waals surface area contributed by atoms with E-state index in [2.05, 4.69) is 90.4 Å². The summed E-state index contributed by atoms with van der Waals surface area (Å²) < 4.78 is 14.7. The summed E-state index contributed by atoms with van der Waals surface area (Å²) in [6.45, 7) is 5.57. The Morgan fingerprint density at radius 1 is 0.786 bits per heavy atom. The van der Waals surface area contributed by atoms with E-state index in [1.54, 1.807) is 51.1 Å². The Morgan fingerprint density at radius 2 is 1.38 bits per heavy atom. The van der Waals surface area contributed by atoms with Gasteiger partial charge in [-0.2, -0.15) is 0 Å². The summed E-state index contributed by atoms with van der Waals surface area (Å²) in [5, 5.41) is 20.2. The molecule has 0 spiro atoms. The van der Waals surface area contributed by atoms with Gasteiger partial charge in [0.1, 0.15) is 17.2 Å². The third kappa shape index (κ3) is 7.70. The topological polar surface area (TPSA) is 93.1 Å². The highest BCUT2D eigenvalue weighted by molar-refractivity contribution is 14.1. The first-order valence-electron chi connectivity index (χ1n) is 12.8. The lowest BCUT2D eigenvalue weighted by atomic mass is 9.90. The van der Waals surface area contributed by atoms with Crippen LogP contribution in [0.3, 0.4) is 0 Å². The van der Waals surface area contributed by atoms with E-state index in [9.17, 15) is 19.8 Å². The fourth-order valence-corrected chi connectivity index (χ4v) is 8.25. The highest BCUT2D eigenvalue weighted by atomic mass is 127. The molecule has 42 heavy (non-hydrogen) atoms. The summed E-state index contributed by atoms with van der Waals surface area (Å²) in [6, 6.07) is 18.1. The maximum Gasteiger partial charge on any atom is 0.313 e. The van der Waals surface area contributed by atoms with Gasteiger partial charge in [0.15, 0.2) is 11.5 Å². The molecule has 2 N–H and O–H groups in total. The van der Waals surface area contributed by atoms with E-state index >= 15 is 0 Å². The van der Waals surface area contributed by atoms with Gasteiger partial charge in [-0.1, -0.05) is 18.2 Å². The number of esters is 1. The second kappa shape index (κ2) is 14.4. The summed E-state index contributed by atoms with van der Waals surface area (Å²) >= 11 is 8.54. The van der Waals surface area contributed by atoms with Crippen molar-refractivity contribution in [3.8, 4) is 23.0 Å². The Balaban J connectivity index is 1.65. The third-order valence-corrected chi connectivity index (χ3v) is 9.83. The van der Waals surface area contributed by atoms with Gasteiger partial charge >= 0.3 is 5.97 Å². The van der Waals surface area contributed by atoms with Gasteiger partial charge in [0.25, 0.3) is 0 Å². The van der Waals surface area contributed by atoms with Crippen molar-refractivity contribution in [2.45, 2.75) is 33.1 Å². The molecular weight excluding hydrogens is 988 g/mol. The first-order valence-corrected chi connectivity index (χ1v) is 17.2. The normalized spacial score (nSPS) is 11.7. The van der Waals surface area contributed by atoms with Gasteiger partial charge in [-0.15, -0.1) is 0 Å². The highest BCUT2D eigenvalue weighted by Crippen LogP contribution is 2.38. The van der Waals surface area contributed by atoms with Crippen LogP contribution in [0.15, 0.2) is 60.7 Å². The van der Waals surface area contributed by atoms with Crippen LogP contribution >= 0.6 is 90.4 Å². The molecule has 4 aromatic carbocycles. The van der Waals surface area contributed by atoms with Crippen LogP contribution in [0.4, 0.5) is 0 Å². The number of carbonyl (C=O) groups excluding carboxylic acids is 2. The second-order valence-corrected chi connectivity index (χ2v) is 14.3. The molecule has 0 aliphatic rings. The molecular formula is C32H26I4O6. The fourth-order valence-electron chi connectivity index (χ4n) is 4.51. The molecule has 4 rings (SSSR count). The van der Waals surface area contributed by atoms with E-state index < -0.39 is 5.92 Å². The average Bonchev–Trinajstić information content (AvgIpc) is 2.94. The molecule has 1 unspecified atom stereocenters. The number of hydrogen-bond acceptors (Lipinski definition) is 6. The van der Waals surface area contributed by atoms with Crippen LogP contribution in [0.2, 0.25) is 0 Å². The van der Waals surface area contributed by atoms with E-state index in [4.69, 9.17) is 9.47 Å². The second-order valence-electron chi connectivity index (χ2n) is 9.65. The van der Waals surface area contributed by atoms with Crippen LogP contribution in [-0.2, 0) is 16.0 Å². The molecule has 6 nitrogen and oxygen atoms in total. The van der Waals surface area contributed by atoms with Gasteiger partial charge in [-0.25, -0.2) is 0 Å². The Morgan fingerprint density at radius 3 is 1.95 bits per heavy atom. The van der Waals surface area contributed by atoms with Gasteiger partial charge in [0.2, 0.25) is 0 Å². The number of rotatable bonds is 9. The summed E-state index contributed by atoms with van der Waals surface area (Å²) in [6.07, 6.45) is 0.342. The summed E-state index contributed by atoms with van der Waals surface area (Å²) in [7, 11) is 0. The minimum Gasteiger partial charge on any atom is -0.507 e. The molecule has 10 heteroatoms. The van der Waals surface area contributed by atoms with Crippen LogP contribution in [0.5, 0.6) is 23.0 Å². The predicted octanol–water partition coefficient (Wildman–Crippen LogP) is 9.05. The molecule has 0 aromatic heterocycles. The standard InChI is InChI=1S/C32H26I4O6/c1-4-41-32(40)23(11-18-6-5-7-19(10-18)29(38)21-8-16(2)28(37)17(3)9-21)20-12-26(35)31(27(36)13-20)42-22-14-24(33)30(39)25(34)15-22/h5-10,12-15,23,37,39H,4,11H2,1-3H3. The number of aromatic hydroxyl groups is 2. The zero-order chi connectivity index (χ0) is 30.7. The lowest BCUT2D eigenvalue weighted by Crippen LogP contribution is -2.19. The van der Waals surface area contributed by atoms with E-state index in [-0.39, 0.29) is 29.9 Å². The van der Waals surface area contributed by atoms with Crippen molar-refractivity contribution >= 4 is 102 Å². The molecule has 0 radical (unpaired) electrons. The van der Waals surface area contributed by atoms with Gasteiger partial charge in [-0.3, -0.25) is 9.59 Å². The zero-order valence-electron chi connectivity index (χ0n) is 22.8. The lowest BCUT2D eigenvalue weighted by Gasteiger charge is -2.19. The van der Waals surface area contributed by atoms with E-state index in [1.165, 1.54) is 0 Å². The largest absolute Gasteiger partial charge is 0.507 e. The number of ketones is 1. The van der Waals surface area contributed by atoms with Crippen molar-refractivity contribution in [2.24, 2.45) is 0 Å². The van der Waals surface area contributed by atoms with Crippen molar-refractivity contribution in [2.75, 3.05) is 6.61 Å². The number of aryl methyl sites for hydroxylation is 2. The van der Waals surface area contributed by atoms with Crippen LogP contribution in [0, 0.1) is 28.1 Å². The molecule has 0 aliphatic carbocycles. The van der Waals surface area contributed by atoms with Crippen LogP contribution in [-0.4, -0.2) is 28.6 Å². The Hall–Kier alpha value is -1.66. The third-order valence-electron chi connectivity index (χ3n) is 6.59. The van der Waals surface area contributed by atoms with Gasteiger partial charge in [-0.05, 0) is 182 Å². The van der Waals surface area contributed by atoms with E-state index in [0.29, 0.717) is 47.3 Å². The number of ether oxygens (including phenoxy) is 2. The fraction of sp³-hybridized carbons (Fsp3) is 0.188. The van der Waals surface area contributed by atoms with Crippen molar-refractivity contribution in [3.05, 3.63) is 108 Å². The summed E-state index contributed by atoms with van der Waals surface area (Å²) in [5.74, 6) is 0.576. The maximum atomic E-state index is 13.3. The van der Waals surface area contributed by atoms with E-state index in [0.717, 1.165) is 18.3 Å². The first-order chi connectivity index (χ1) is 19.9. The number of phenolic OH excluding ortho intramolecular Hbond substituents is 2. The number of phenols is 2. The Bertz CT molecular complexity index is 1610. The minimum absolute atomic E-state index is 0.153. The van der Waals surface area contributed by atoms with E-state index in [1.807, 2.05) is 30.3 Å². The van der Waals surface area contributed by atoms with Crippen molar-refractivity contribution in [1.82, 2.24) is 0 Å². The SMILES string of the molecule is CCOC(=O)C(Cc1cccc(C(=O)c2cc(C)c(O)c(C)c2)c1)c1cc(I)c(Oc2cc(I)c(O)c(I)c2)c(I)c1. The van der Waals surface area contributed by atoms with Crippen LogP contribution in [0.25, 0.3) is 0 Å². The lowest BCUT2D eigenvalue weighted by molar-refractivity contribution is -0.144. The van der Waals surface area contributed by atoms with Crippen LogP contribution in [0.1, 0.15) is 51.0 Å². The summed E-state index contributed by atoms with van der Waals surface area (Å²) in [5.41, 5.74) is 3.90. The molecule has 0 saturated heterocycles. The Labute approximate surface area is 299 Å². The quantitative estimate of drug-likeness (QED) is 0.0989. The smallest absolute Gasteiger partial charge is 0.313 e. The Kier molecular flexibility index (Phi) is 11.4. The van der Waals surface area contributed by atoms with Gasteiger partial charge in [0, 0.05) is 11.1 Å². The molecule has 218 valence electrons. The number of carbonyl (C=O) groups is 2. The molecule has 4 aromatic rings. The predicted molar refractivity (Wildman–Crippen MR) is 196 cm³/mol. The molecule has 0 fully saturated rings. The van der Waals surface area contributed by atoms with Crippen molar-refractivity contribution < 1.29 is 29.3 Å². The van der Waals surface area contributed by atoms with Gasteiger partial charge < -0.3 is 19.7 Å². The minimum atomic E-state index is -0.597. The number of benzene rings is 4. The van der Waals surface area contributed by atoms with Gasteiger partial charge in [0.05, 0.1) is 26.8 Å². The average molecular weight is 1010 g/mol. The monoisotopic (exact) mass is 1010 g/mol. The molecule has 1 atom stereocenters. The molecule has 0 aliphatic heterocycles. The van der Waals surface area contributed by atoms with Crippen molar-refractivity contribution in [3.63, 3.8) is 0 Å². The van der Waals surface area contributed by atoms with Crippen LogP contribution < -0.4 is 4.74 Å². The first kappa shape index (κ1) is 33.2. The number of hydrogen-bond donors (Lipinski definition) is 2. The molecule has 0 bridgehead atoms. The summed E-state index contributed by atoms with van der Waals surface area (Å²) in [4.78, 5) is 26.6. The molecule has 0 saturated carbocycles. The molecule has 0 heterocycles. The molecule has 0 amide bonds. The number of halogens is 4.